The van der Waals surface area contributed by atoms with Gasteiger partial charge in [-0.15, -0.1) is 0 Å². The number of rotatable bonds is 5. The van der Waals surface area contributed by atoms with Gasteiger partial charge < -0.3 is 5.32 Å². The summed E-state index contributed by atoms with van der Waals surface area (Å²) in [6.07, 6.45) is 0.552. The molecule has 14 heavy (non-hydrogen) atoms. The number of benzene rings is 1. The first-order chi connectivity index (χ1) is 6.75. The van der Waals surface area contributed by atoms with Gasteiger partial charge in [0, 0.05) is 23.0 Å². The molecule has 0 atom stereocenters. The summed E-state index contributed by atoms with van der Waals surface area (Å²) in [7, 11) is 0. The van der Waals surface area contributed by atoms with Gasteiger partial charge in [-0.05, 0) is 12.6 Å². The Morgan fingerprint density at radius 2 is 2.14 bits per heavy atom. The van der Waals surface area contributed by atoms with Gasteiger partial charge in [-0.2, -0.15) is 0 Å². The number of halogens is 1. The first-order valence-corrected chi connectivity index (χ1v) is 5.53. The van der Waals surface area contributed by atoms with Gasteiger partial charge in [0.2, 0.25) is 0 Å². The molecule has 76 valence electrons. The second-order valence-corrected chi connectivity index (χ2v) is 3.86. The molecule has 0 heterocycles. The van der Waals surface area contributed by atoms with Crippen LogP contribution in [0, 0.1) is 0 Å². The van der Waals surface area contributed by atoms with E-state index in [1.54, 1.807) is 0 Å². The van der Waals surface area contributed by atoms with Crippen molar-refractivity contribution in [3.63, 3.8) is 0 Å². The predicted octanol–water partition coefficient (Wildman–Crippen LogP) is 2.63. The largest absolute Gasteiger partial charge is 0.317 e. The van der Waals surface area contributed by atoms with E-state index < -0.39 is 0 Å². The number of Topliss-reactive ketones (excluding diaryl/α,β-unsaturated/α-hetero) is 1. The van der Waals surface area contributed by atoms with Crippen LogP contribution in [0.1, 0.15) is 23.7 Å². The van der Waals surface area contributed by atoms with Crippen molar-refractivity contribution in [1.82, 2.24) is 5.32 Å². The fraction of sp³-hybridized carbons (Fsp3) is 0.364. The lowest BCUT2D eigenvalue weighted by atomic mass is 10.1. The Morgan fingerprint density at radius 3 is 2.79 bits per heavy atom. The van der Waals surface area contributed by atoms with E-state index in [0.717, 1.165) is 23.1 Å². The lowest BCUT2D eigenvalue weighted by Gasteiger charge is -2.03. The highest BCUT2D eigenvalue weighted by atomic mass is 79.9. The Bertz CT molecular complexity index is 312. The van der Waals surface area contributed by atoms with Crippen LogP contribution in [0.15, 0.2) is 28.7 Å². The van der Waals surface area contributed by atoms with E-state index in [-0.39, 0.29) is 5.78 Å². The molecule has 1 N–H and O–H groups in total. The Kier molecular flexibility index (Phi) is 4.84. The average molecular weight is 256 g/mol. The van der Waals surface area contributed by atoms with Crippen molar-refractivity contribution < 1.29 is 4.79 Å². The van der Waals surface area contributed by atoms with Crippen LogP contribution in [-0.2, 0) is 0 Å². The fourth-order valence-corrected chi connectivity index (χ4v) is 1.71. The SMILES string of the molecule is CCNCCC(=O)c1ccccc1Br. The molecule has 0 unspecified atom stereocenters. The number of nitrogens with one attached hydrogen (secondary N) is 1. The van der Waals surface area contributed by atoms with Crippen LogP contribution in [0.3, 0.4) is 0 Å². The highest BCUT2D eigenvalue weighted by Gasteiger charge is 2.07. The highest BCUT2D eigenvalue weighted by Crippen LogP contribution is 2.17. The summed E-state index contributed by atoms with van der Waals surface area (Å²) >= 11 is 3.36. The highest BCUT2D eigenvalue weighted by molar-refractivity contribution is 9.10. The second-order valence-electron chi connectivity index (χ2n) is 3.01. The fourth-order valence-electron chi connectivity index (χ4n) is 1.20. The minimum absolute atomic E-state index is 0.179. The quantitative estimate of drug-likeness (QED) is 0.648. The summed E-state index contributed by atoms with van der Waals surface area (Å²) in [5.74, 6) is 0.179. The van der Waals surface area contributed by atoms with Crippen molar-refractivity contribution in [1.29, 1.82) is 0 Å². The van der Waals surface area contributed by atoms with Gasteiger partial charge in [-0.1, -0.05) is 41.1 Å². The molecule has 2 nitrogen and oxygen atoms in total. The van der Waals surface area contributed by atoms with E-state index in [0.29, 0.717) is 6.42 Å². The molecule has 0 fully saturated rings. The molecule has 1 rings (SSSR count). The maximum absolute atomic E-state index is 11.7. The van der Waals surface area contributed by atoms with E-state index in [1.165, 1.54) is 0 Å². The molecule has 0 aliphatic rings. The number of carbonyl (C=O) groups is 1. The van der Waals surface area contributed by atoms with Crippen LogP contribution in [0.4, 0.5) is 0 Å². The summed E-state index contributed by atoms with van der Waals surface area (Å²) in [5.41, 5.74) is 0.769. The Morgan fingerprint density at radius 1 is 1.43 bits per heavy atom. The third kappa shape index (κ3) is 3.24. The molecule has 0 saturated carbocycles. The van der Waals surface area contributed by atoms with Crippen molar-refractivity contribution in [2.75, 3.05) is 13.1 Å². The minimum Gasteiger partial charge on any atom is -0.317 e. The van der Waals surface area contributed by atoms with Gasteiger partial charge in [0.1, 0.15) is 0 Å². The van der Waals surface area contributed by atoms with Crippen molar-refractivity contribution in [2.24, 2.45) is 0 Å². The molecule has 0 amide bonds. The van der Waals surface area contributed by atoms with E-state index in [9.17, 15) is 4.79 Å². The number of ketones is 1. The third-order valence-corrected chi connectivity index (χ3v) is 2.64. The summed E-state index contributed by atoms with van der Waals surface area (Å²) in [6.45, 7) is 3.68. The molecular formula is C11H14BrNO. The lowest BCUT2D eigenvalue weighted by Crippen LogP contribution is -2.17. The topological polar surface area (TPSA) is 29.1 Å². The Balaban J connectivity index is 2.56. The van der Waals surface area contributed by atoms with Gasteiger partial charge in [-0.25, -0.2) is 0 Å². The van der Waals surface area contributed by atoms with Crippen LogP contribution in [-0.4, -0.2) is 18.9 Å². The van der Waals surface area contributed by atoms with Crippen LogP contribution in [0.25, 0.3) is 0 Å². The number of hydrogen-bond acceptors (Lipinski definition) is 2. The molecule has 3 heteroatoms. The Hall–Kier alpha value is -0.670. The standard InChI is InChI=1S/C11H14BrNO/c1-2-13-8-7-11(14)9-5-3-4-6-10(9)12/h3-6,13H,2,7-8H2,1H3. The van der Waals surface area contributed by atoms with Gasteiger partial charge in [0.15, 0.2) is 5.78 Å². The second kappa shape index (κ2) is 5.94. The van der Waals surface area contributed by atoms with Gasteiger partial charge in [0.05, 0.1) is 0 Å². The zero-order chi connectivity index (χ0) is 10.4. The van der Waals surface area contributed by atoms with Crippen molar-refractivity contribution in [2.45, 2.75) is 13.3 Å². The first kappa shape index (κ1) is 11.4. The number of hydrogen-bond donors (Lipinski definition) is 1. The number of carbonyl (C=O) groups excluding carboxylic acids is 1. The molecule has 0 bridgehead atoms. The molecule has 0 aromatic heterocycles. The maximum atomic E-state index is 11.7. The zero-order valence-corrected chi connectivity index (χ0v) is 9.80. The molecule has 1 aromatic carbocycles. The van der Waals surface area contributed by atoms with Gasteiger partial charge >= 0.3 is 0 Å². The average Bonchev–Trinajstić information content (AvgIpc) is 2.18. The van der Waals surface area contributed by atoms with Gasteiger partial charge in [0.25, 0.3) is 0 Å². The van der Waals surface area contributed by atoms with E-state index in [1.807, 2.05) is 31.2 Å². The predicted molar refractivity (Wildman–Crippen MR) is 61.6 cm³/mol. The van der Waals surface area contributed by atoms with Crippen molar-refractivity contribution in [3.8, 4) is 0 Å². The monoisotopic (exact) mass is 255 g/mol. The molecule has 0 saturated heterocycles. The van der Waals surface area contributed by atoms with Crippen LogP contribution < -0.4 is 5.32 Å². The lowest BCUT2D eigenvalue weighted by molar-refractivity contribution is 0.0982. The first-order valence-electron chi connectivity index (χ1n) is 4.74. The van der Waals surface area contributed by atoms with E-state index in [2.05, 4.69) is 21.2 Å². The molecule has 0 aliphatic carbocycles. The van der Waals surface area contributed by atoms with Gasteiger partial charge in [-0.3, -0.25) is 4.79 Å². The molecule has 0 aliphatic heterocycles. The summed E-state index contributed by atoms with van der Waals surface area (Å²) < 4.78 is 0.876. The molecule has 0 spiro atoms. The third-order valence-electron chi connectivity index (χ3n) is 1.95. The van der Waals surface area contributed by atoms with E-state index >= 15 is 0 Å². The smallest absolute Gasteiger partial charge is 0.165 e. The minimum atomic E-state index is 0.179. The zero-order valence-electron chi connectivity index (χ0n) is 8.22. The van der Waals surface area contributed by atoms with Crippen molar-refractivity contribution in [3.05, 3.63) is 34.3 Å². The maximum Gasteiger partial charge on any atom is 0.165 e. The summed E-state index contributed by atoms with van der Waals surface area (Å²) in [5, 5.41) is 3.13. The van der Waals surface area contributed by atoms with Crippen LogP contribution in [0.5, 0.6) is 0 Å². The molecule has 0 radical (unpaired) electrons. The molecule has 1 aromatic rings. The van der Waals surface area contributed by atoms with Crippen LogP contribution >= 0.6 is 15.9 Å². The molecular weight excluding hydrogens is 242 g/mol. The normalized spacial score (nSPS) is 10.1. The van der Waals surface area contributed by atoms with E-state index in [4.69, 9.17) is 0 Å². The Labute approximate surface area is 92.8 Å². The van der Waals surface area contributed by atoms with Crippen molar-refractivity contribution >= 4 is 21.7 Å². The van der Waals surface area contributed by atoms with Crippen LogP contribution in [0.2, 0.25) is 0 Å². The summed E-state index contributed by atoms with van der Waals surface area (Å²) in [4.78, 5) is 11.7. The summed E-state index contributed by atoms with van der Waals surface area (Å²) in [6, 6.07) is 7.52.